The van der Waals surface area contributed by atoms with Crippen LogP contribution in [0.25, 0.3) is 0 Å². The van der Waals surface area contributed by atoms with Crippen molar-refractivity contribution in [2.24, 2.45) is 0 Å². The number of methoxy groups -OCH3 is 1. The van der Waals surface area contributed by atoms with E-state index in [-0.39, 0.29) is 42.9 Å². The summed E-state index contributed by atoms with van der Waals surface area (Å²) in [5.74, 6) is -1.24. The van der Waals surface area contributed by atoms with E-state index >= 15 is 0 Å². The molecule has 0 saturated carbocycles. The van der Waals surface area contributed by atoms with E-state index < -0.39 is 12.0 Å². The number of aromatic hydroxyl groups is 2. The number of benzene rings is 2. The van der Waals surface area contributed by atoms with Crippen molar-refractivity contribution >= 4 is 12.0 Å². The van der Waals surface area contributed by atoms with E-state index in [9.17, 15) is 19.8 Å². The highest BCUT2D eigenvalue weighted by Crippen LogP contribution is 2.35. The van der Waals surface area contributed by atoms with Crippen molar-refractivity contribution in [1.82, 2.24) is 10.2 Å². The first kappa shape index (κ1) is 21.2. The molecule has 158 valence electrons. The summed E-state index contributed by atoms with van der Waals surface area (Å²) in [5, 5.41) is 22.3. The maximum absolute atomic E-state index is 12.9. The zero-order chi connectivity index (χ0) is 21.7. The third-order valence-corrected chi connectivity index (χ3v) is 4.85. The predicted octanol–water partition coefficient (Wildman–Crippen LogP) is 2.83. The second-order valence-corrected chi connectivity index (χ2v) is 6.83. The van der Waals surface area contributed by atoms with Crippen LogP contribution in [0.3, 0.4) is 0 Å². The highest BCUT2D eigenvalue weighted by Gasteiger charge is 2.36. The Kier molecular flexibility index (Phi) is 6.58. The number of ether oxygens (including phenoxy) is 2. The van der Waals surface area contributed by atoms with Gasteiger partial charge in [-0.1, -0.05) is 36.4 Å². The number of rotatable bonds is 7. The van der Waals surface area contributed by atoms with Crippen molar-refractivity contribution in [3.63, 3.8) is 0 Å². The summed E-state index contributed by atoms with van der Waals surface area (Å²) >= 11 is 0. The molecule has 2 amide bonds. The van der Waals surface area contributed by atoms with Gasteiger partial charge in [0.05, 0.1) is 24.8 Å². The van der Waals surface area contributed by atoms with Gasteiger partial charge in [-0.3, -0.25) is 4.90 Å². The van der Waals surface area contributed by atoms with Gasteiger partial charge in [0.25, 0.3) is 0 Å². The summed E-state index contributed by atoms with van der Waals surface area (Å²) in [4.78, 5) is 27.2. The van der Waals surface area contributed by atoms with Gasteiger partial charge in [-0.2, -0.15) is 0 Å². The Labute approximate surface area is 174 Å². The lowest BCUT2D eigenvalue weighted by molar-refractivity contribution is -0.140. The second kappa shape index (κ2) is 9.32. The molecule has 3 rings (SSSR count). The van der Waals surface area contributed by atoms with Crippen molar-refractivity contribution in [2.75, 3.05) is 20.3 Å². The van der Waals surface area contributed by atoms with Crippen LogP contribution in [0.2, 0.25) is 0 Å². The van der Waals surface area contributed by atoms with Crippen molar-refractivity contribution in [2.45, 2.75) is 19.5 Å². The number of hydrogen-bond acceptors (Lipinski definition) is 6. The van der Waals surface area contributed by atoms with Gasteiger partial charge in [0.2, 0.25) is 0 Å². The summed E-state index contributed by atoms with van der Waals surface area (Å²) in [6, 6.07) is 12.3. The fourth-order valence-electron chi connectivity index (χ4n) is 3.27. The molecule has 1 aliphatic heterocycles. The van der Waals surface area contributed by atoms with Gasteiger partial charge in [0.1, 0.15) is 6.61 Å². The van der Waals surface area contributed by atoms with Crippen LogP contribution in [-0.2, 0) is 20.8 Å². The maximum atomic E-state index is 12.9. The lowest BCUT2D eigenvalue weighted by atomic mass is 9.94. The van der Waals surface area contributed by atoms with Crippen LogP contribution in [0, 0.1) is 0 Å². The molecule has 0 aromatic heterocycles. The summed E-state index contributed by atoms with van der Waals surface area (Å²) < 4.78 is 10.2. The smallest absolute Gasteiger partial charge is 0.338 e. The van der Waals surface area contributed by atoms with Crippen LogP contribution < -0.4 is 5.32 Å². The Morgan fingerprint density at radius 1 is 1.10 bits per heavy atom. The van der Waals surface area contributed by atoms with Gasteiger partial charge in [0.15, 0.2) is 11.5 Å². The zero-order valence-corrected chi connectivity index (χ0v) is 16.8. The first-order chi connectivity index (χ1) is 14.4. The highest BCUT2D eigenvalue weighted by molar-refractivity contribution is 5.95. The van der Waals surface area contributed by atoms with E-state index in [2.05, 4.69) is 5.32 Å². The molecule has 2 aromatic carbocycles. The molecule has 1 aliphatic rings. The molecule has 0 saturated heterocycles. The number of nitrogens with zero attached hydrogens (tertiary/aromatic N) is 1. The van der Waals surface area contributed by atoms with Crippen molar-refractivity contribution in [1.29, 1.82) is 0 Å². The molecule has 0 radical (unpaired) electrons. The second-order valence-electron chi connectivity index (χ2n) is 6.83. The van der Waals surface area contributed by atoms with Crippen LogP contribution in [0.15, 0.2) is 59.8 Å². The van der Waals surface area contributed by atoms with Crippen LogP contribution in [0.5, 0.6) is 11.5 Å². The highest BCUT2D eigenvalue weighted by atomic mass is 16.6. The maximum Gasteiger partial charge on any atom is 0.338 e. The largest absolute Gasteiger partial charge is 0.504 e. The van der Waals surface area contributed by atoms with Gasteiger partial charge in [-0.05, 0) is 30.2 Å². The average molecular weight is 412 g/mol. The fourth-order valence-corrected chi connectivity index (χ4v) is 3.27. The molecule has 1 unspecified atom stereocenters. The molecule has 8 heteroatoms. The molecule has 8 nitrogen and oxygen atoms in total. The monoisotopic (exact) mass is 412 g/mol. The molecule has 2 aromatic rings. The fraction of sp³-hybridized carbons (Fsp3) is 0.273. The van der Waals surface area contributed by atoms with Crippen molar-refractivity contribution in [3.8, 4) is 11.5 Å². The Bertz CT molecular complexity index is 957. The number of carbonyl (C=O) groups is 2. The van der Waals surface area contributed by atoms with Crippen LogP contribution in [0.1, 0.15) is 24.1 Å². The first-order valence-corrected chi connectivity index (χ1v) is 9.43. The Morgan fingerprint density at radius 2 is 1.83 bits per heavy atom. The molecule has 0 bridgehead atoms. The third kappa shape index (κ3) is 4.55. The lowest BCUT2D eigenvalue weighted by Gasteiger charge is -2.35. The van der Waals surface area contributed by atoms with E-state index in [1.54, 1.807) is 6.92 Å². The normalized spacial score (nSPS) is 16.4. The molecular weight excluding hydrogens is 388 g/mol. The molecule has 30 heavy (non-hydrogen) atoms. The quantitative estimate of drug-likeness (QED) is 0.367. The van der Waals surface area contributed by atoms with E-state index in [0.29, 0.717) is 11.3 Å². The number of amides is 2. The molecule has 0 fully saturated rings. The number of nitrogens with one attached hydrogen (secondary N) is 1. The third-order valence-electron chi connectivity index (χ3n) is 4.85. The SMILES string of the molecule is COCCOC(=O)C1=C(C)N(Cc2ccccc2)C(=O)NC1c1ccc(O)c(O)c1. The van der Waals surface area contributed by atoms with Gasteiger partial charge in [0, 0.05) is 12.8 Å². The molecule has 0 spiro atoms. The topological polar surface area (TPSA) is 108 Å². The van der Waals surface area contributed by atoms with E-state index in [1.807, 2.05) is 30.3 Å². The summed E-state index contributed by atoms with van der Waals surface area (Å²) in [6.45, 7) is 2.26. The lowest BCUT2D eigenvalue weighted by Crippen LogP contribution is -2.47. The predicted molar refractivity (Wildman–Crippen MR) is 109 cm³/mol. The zero-order valence-electron chi connectivity index (χ0n) is 16.8. The summed E-state index contributed by atoms with van der Waals surface area (Å²) in [7, 11) is 1.50. The van der Waals surface area contributed by atoms with E-state index in [1.165, 1.54) is 30.2 Å². The van der Waals surface area contributed by atoms with Crippen LogP contribution in [0.4, 0.5) is 4.79 Å². The molecule has 1 atom stereocenters. The van der Waals surface area contributed by atoms with Crippen molar-refractivity contribution in [3.05, 3.63) is 70.9 Å². The number of hydrogen-bond donors (Lipinski definition) is 3. The number of esters is 1. The van der Waals surface area contributed by atoms with Gasteiger partial charge in [-0.25, -0.2) is 9.59 Å². The standard InChI is InChI=1S/C22H24N2O6/c1-14-19(21(27)30-11-10-29-2)20(16-8-9-17(25)18(26)12-16)23-22(28)24(14)13-15-6-4-3-5-7-15/h3-9,12,20,25-26H,10-11,13H2,1-2H3,(H,23,28). The van der Waals surface area contributed by atoms with E-state index in [0.717, 1.165) is 5.56 Å². The summed E-state index contributed by atoms with van der Waals surface area (Å²) in [5.41, 5.74) is 2.03. The van der Waals surface area contributed by atoms with Crippen molar-refractivity contribution < 1.29 is 29.3 Å². The Morgan fingerprint density at radius 3 is 2.50 bits per heavy atom. The van der Waals surface area contributed by atoms with Crippen LogP contribution >= 0.6 is 0 Å². The number of phenolic OH excluding ortho intramolecular Hbond substituents is 2. The molecular formula is C22H24N2O6. The minimum Gasteiger partial charge on any atom is -0.504 e. The van der Waals surface area contributed by atoms with Gasteiger partial charge >= 0.3 is 12.0 Å². The first-order valence-electron chi connectivity index (χ1n) is 9.43. The molecule has 1 heterocycles. The van der Waals surface area contributed by atoms with E-state index in [4.69, 9.17) is 9.47 Å². The van der Waals surface area contributed by atoms with Gasteiger partial charge < -0.3 is 25.0 Å². The number of allylic oxidation sites excluding steroid dienone is 1. The Balaban J connectivity index is 2.00. The minimum absolute atomic E-state index is 0.0618. The summed E-state index contributed by atoms with van der Waals surface area (Å²) in [6.07, 6.45) is 0. The number of phenols is 2. The number of carbonyl (C=O) groups excluding carboxylic acids is 2. The Hall–Kier alpha value is -3.52. The molecule has 0 aliphatic carbocycles. The average Bonchev–Trinajstić information content (AvgIpc) is 2.73. The minimum atomic E-state index is -0.842. The van der Waals surface area contributed by atoms with Crippen LogP contribution in [-0.4, -0.2) is 47.4 Å². The number of urea groups is 1. The molecule has 3 N–H and O–H groups in total. The van der Waals surface area contributed by atoms with Gasteiger partial charge in [-0.15, -0.1) is 0 Å².